The Labute approximate surface area is 109 Å². The molecule has 0 saturated carbocycles. The highest BCUT2D eigenvalue weighted by atomic mass is 35.5. The first-order valence-corrected chi connectivity index (χ1v) is 5.61. The Balaban J connectivity index is 2.03. The van der Waals surface area contributed by atoms with E-state index >= 15 is 0 Å². The number of hydrogen-bond acceptors (Lipinski definition) is 1. The molecule has 2 amide bonds. The van der Waals surface area contributed by atoms with Crippen molar-refractivity contribution in [2.75, 3.05) is 10.6 Å². The molecule has 2 aromatic rings. The van der Waals surface area contributed by atoms with Crippen molar-refractivity contribution in [2.45, 2.75) is 0 Å². The van der Waals surface area contributed by atoms with Gasteiger partial charge < -0.3 is 10.6 Å². The van der Waals surface area contributed by atoms with Gasteiger partial charge in [0.2, 0.25) is 0 Å². The minimum absolute atomic E-state index is 0.151. The largest absolute Gasteiger partial charge is 0.323 e. The molecule has 0 bridgehead atoms. The Morgan fingerprint density at radius 2 is 1.78 bits per heavy atom. The van der Waals surface area contributed by atoms with E-state index < -0.39 is 11.8 Å². The lowest BCUT2D eigenvalue weighted by molar-refractivity contribution is 0.262. The number of rotatable bonds is 2. The van der Waals surface area contributed by atoms with Crippen molar-refractivity contribution in [2.24, 2.45) is 0 Å². The number of urea groups is 1. The third-order valence-electron chi connectivity index (χ3n) is 2.21. The molecule has 2 rings (SSSR count). The maximum atomic E-state index is 12.8. The lowest BCUT2D eigenvalue weighted by atomic mass is 10.3. The molecule has 0 heterocycles. The lowest BCUT2D eigenvalue weighted by Crippen LogP contribution is -2.19. The monoisotopic (exact) mass is 264 g/mol. The van der Waals surface area contributed by atoms with Crippen LogP contribution < -0.4 is 10.6 Å². The molecule has 0 saturated heterocycles. The van der Waals surface area contributed by atoms with E-state index in [1.165, 1.54) is 12.1 Å². The van der Waals surface area contributed by atoms with E-state index in [4.69, 9.17) is 11.6 Å². The van der Waals surface area contributed by atoms with E-state index in [-0.39, 0.29) is 5.02 Å². The van der Waals surface area contributed by atoms with Crippen molar-refractivity contribution in [3.8, 4) is 0 Å². The Hall–Kier alpha value is -2.07. The number of hydrogen-bond donors (Lipinski definition) is 2. The molecule has 18 heavy (non-hydrogen) atoms. The Bertz CT molecular complexity index is 560. The molecule has 0 unspecified atom stereocenters. The van der Waals surface area contributed by atoms with E-state index in [2.05, 4.69) is 10.6 Å². The molecule has 92 valence electrons. The fraction of sp³-hybridized carbons (Fsp3) is 0. The number of benzene rings is 2. The summed E-state index contributed by atoms with van der Waals surface area (Å²) in [5, 5.41) is 5.32. The first-order chi connectivity index (χ1) is 8.65. The molecule has 0 aliphatic rings. The fourth-order valence-electron chi connectivity index (χ4n) is 1.40. The van der Waals surface area contributed by atoms with Gasteiger partial charge in [0.05, 0.1) is 10.7 Å². The second kappa shape index (κ2) is 5.51. The number of carbonyl (C=O) groups excluding carboxylic acids is 1. The van der Waals surface area contributed by atoms with E-state index in [1.807, 2.05) is 6.07 Å². The summed E-state index contributed by atoms with van der Waals surface area (Å²) < 4.78 is 12.8. The third kappa shape index (κ3) is 3.21. The number of amides is 2. The zero-order valence-corrected chi connectivity index (χ0v) is 10.0. The highest BCUT2D eigenvalue weighted by molar-refractivity contribution is 6.33. The molecule has 0 radical (unpaired) electrons. The number of nitrogens with one attached hydrogen (secondary N) is 2. The van der Waals surface area contributed by atoms with Crippen molar-refractivity contribution in [3.63, 3.8) is 0 Å². The molecular formula is C13H10ClFN2O. The summed E-state index contributed by atoms with van der Waals surface area (Å²) in [4.78, 5) is 11.6. The van der Waals surface area contributed by atoms with Gasteiger partial charge in [0.25, 0.3) is 0 Å². The molecule has 0 aromatic heterocycles. The maximum Gasteiger partial charge on any atom is 0.323 e. The zero-order chi connectivity index (χ0) is 13.0. The molecule has 3 nitrogen and oxygen atoms in total. The minimum atomic E-state index is -0.450. The SMILES string of the molecule is O=C(Nc1ccccc1)Nc1ccc(F)cc1Cl. The van der Waals surface area contributed by atoms with E-state index in [0.717, 1.165) is 6.07 Å². The molecule has 5 heteroatoms. The predicted molar refractivity (Wildman–Crippen MR) is 70.5 cm³/mol. The van der Waals surface area contributed by atoms with Gasteiger partial charge in [-0.05, 0) is 30.3 Å². The molecule has 0 aliphatic heterocycles. The van der Waals surface area contributed by atoms with Crippen LogP contribution in [0.25, 0.3) is 0 Å². The van der Waals surface area contributed by atoms with E-state index in [0.29, 0.717) is 11.4 Å². The van der Waals surface area contributed by atoms with Gasteiger partial charge in [-0.15, -0.1) is 0 Å². The summed E-state index contributed by atoms with van der Waals surface area (Å²) in [6, 6.07) is 12.3. The fourth-order valence-corrected chi connectivity index (χ4v) is 1.61. The number of anilines is 2. The third-order valence-corrected chi connectivity index (χ3v) is 2.52. The van der Waals surface area contributed by atoms with Gasteiger partial charge in [-0.25, -0.2) is 9.18 Å². The summed E-state index contributed by atoms with van der Waals surface area (Å²) in [6.07, 6.45) is 0. The average Bonchev–Trinajstić information content (AvgIpc) is 2.34. The number of halogens is 2. The Morgan fingerprint density at radius 3 is 2.44 bits per heavy atom. The van der Waals surface area contributed by atoms with Crippen molar-refractivity contribution in [1.82, 2.24) is 0 Å². The van der Waals surface area contributed by atoms with Crippen LogP contribution in [0.15, 0.2) is 48.5 Å². The van der Waals surface area contributed by atoms with Crippen LogP contribution in [0.2, 0.25) is 5.02 Å². The molecular weight excluding hydrogens is 255 g/mol. The predicted octanol–water partition coefficient (Wildman–Crippen LogP) is 4.12. The summed E-state index contributed by atoms with van der Waals surface area (Å²) in [7, 11) is 0. The zero-order valence-electron chi connectivity index (χ0n) is 9.28. The van der Waals surface area contributed by atoms with Crippen molar-refractivity contribution in [3.05, 3.63) is 59.4 Å². The Kier molecular flexibility index (Phi) is 3.79. The highest BCUT2D eigenvalue weighted by Gasteiger charge is 2.06. The van der Waals surface area contributed by atoms with Crippen molar-refractivity contribution < 1.29 is 9.18 Å². The summed E-state index contributed by atoms with van der Waals surface area (Å²) in [6.45, 7) is 0. The van der Waals surface area contributed by atoms with Gasteiger partial charge in [-0.1, -0.05) is 29.8 Å². The molecule has 0 fully saturated rings. The highest BCUT2D eigenvalue weighted by Crippen LogP contribution is 2.22. The normalized spacial score (nSPS) is 9.89. The van der Waals surface area contributed by atoms with Gasteiger partial charge in [0.15, 0.2) is 0 Å². The van der Waals surface area contributed by atoms with Crippen LogP contribution >= 0.6 is 11.6 Å². The van der Waals surface area contributed by atoms with Crippen LogP contribution in [0.4, 0.5) is 20.6 Å². The standard InChI is InChI=1S/C13H10ClFN2O/c14-11-8-9(15)6-7-12(11)17-13(18)16-10-4-2-1-3-5-10/h1-8H,(H2,16,17,18). The molecule has 0 aliphatic carbocycles. The summed E-state index contributed by atoms with van der Waals surface area (Å²) in [5.74, 6) is -0.450. The van der Waals surface area contributed by atoms with Crippen LogP contribution in [0.3, 0.4) is 0 Å². The van der Waals surface area contributed by atoms with Gasteiger partial charge >= 0.3 is 6.03 Å². The Morgan fingerprint density at radius 1 is 1.06 bits per heavy atom. The van der Waals surface area contributed by atoms with Crippen molar-refractivity contribution in [1.29, 1.82) is 0 Å². The molecule has 2 aromatic carbocycles. The molecule has 2 N–H and O–H groups in total. The first-order valence-electron chi connectivity index (χ1n) is 5.23. The summed E-state index contributed by atoms with van der Waals surface area (Å²) >= 11 is 5.79. The van der Waals surface area contributed by atoms with Crippen LogP contribution in [-0.2, 0) is 0 Å². The van der Waals surface area contributed by atoms with E-state index in [9.17, 15) is 9.18 Å². The molecule has 0 atom stereocenters. The van der Waals surface area contributed by atoms with Crippen LogP contribution in [-0.4, -0.2) is 6.03 Å². The first kappa shape index (κ1) is 12.4. The maximum absolute atomic E-state index is 12.8. The lowest BCUT2D eigenvalue weighted by Gasteiger charge is -2.08. The van der Waals surface area contributed by atoms with Crippen LogP contribution in [0.5, 0.6) is 0 Å². The van der Waals surface area contributed by atoms with Gasteiger partial charge in [0, 0.05) is 5.69 Å². The van der Waals surface area contributed by atoms with Crippen LogP contribution in [0, 0.1) is 5.82 Å². The van der Waals surface area contributed by atoms with Gasteiger partial charge in [-0.2, -0.15) is 0 Å². The van der Waals surface area contributed by atoms with Crippen molar-refractivity contribution >= 4 is 29.0 Å². The average molecular weight is 265 g/mol. The molecule has 0 spiro atoms. The number of para-hydroxylation sites is 1. The van der Waals surface area contributed by atoms with E-state index in [1.54, 1.807) is 24.3 Å². The van der Waals surface area contributed by atoms with Crippen LogP contribution in [0.1, 0.15) is 0 Å². The summed E-state index contributed by atoms with van der Waals surface area (Å²) in [5.41, 5.74) is 1.01. The smallest absolute Gasteiger partial charge is 0.308 e. The quantitative estimate of drug-likeness (QED) is 0.841. The number of carbonyl (C=O) groups is 1. The van der Waals surface area contributed by atoms with Gasteiger partial charge in [-0.3, -0.25) is 0 Å². The van der Waals surface area contributed by atoms with Gasteiger partial charge in [0.1, 0.15) is 5.82 Å². The second-order valence-corrected chi connectivity index (χ2v) is 3.98. The topological polar surface area (TPSA) is 41.1 Å². The second-order valence-electron chi connectivity index (χ2n) is 3.57. The minimum Gasteiger partial charge on any atom is -0.308 e.